The highest BCUT2D eigenvalue weighted by molar-refractivity contribution is 7.92. The van der Waals surface area contributed by atoms with E-state index in [0.717, 1.165) is 62.7 Å². The number of rotatable bonds is 7. The van der Waals surface area contributed by atoms with Crippen LogP contribution in [-0.4, -0.2) is 50.4 Å². The molecule has 2 heterocycles. The second kappa shape index (κ2) is 9.69. The fraction of sp³-hybridized carbons (Fsp3) is 0.240. The molecule has 4 aromatic rings. The monoisotopic (exact) mass is 496 g/mol. The molecule has 0 unspecified atom stereocenters. The summed E-state index contributed by atoms with van der Waals surface area (Å²) < 4.78 is 46.5. The summed E-state index contributed by atoms with van der Waals surface area (Å²) in [4.78, 5) is 4.86. The Bertz CT molecular complexity index is 1360. The highest BCUT2D eigenvalue weighted by atomic mass is 32.2. The van der Waals surface area contributed by atoms with Crippen molar-refractivity contribution in [3.63, 3.8) is 0 Å². The van der Waals surface area contributed by atoms with Gasteiger partial charge in [-0.05, 0) is 72.0 Å². The van der Waals surface area contributed by atoms with Gasteiger partial charge in [0.05, 0.1) is 9.60 Å². The van der Waals surface area contributed by atoms with Gasteiger partial charge in [-0.25, -0.2) is 12.8 Å². The molecule has 1 aliphatic rings. The average molecular weight is 497 g/mol. The summed E-state index contributed by atoms with van der Waals surface area (Å²) in [7, 11) is -3.74. The first-order chi connectivity index (χ1) is 16.5. The van der Waals surface area contributed by atoms with Gasteiger partial charge in [0.15, 0.2) is 0 Å². The van der Waals surface area contributed by atoms with E-state index in [-0.39, 0.29) is 4.90 Å². The second-order valence-electron chi connectivity index (χ2n) is 8.34. The number of anilines is 2. The van der Waals surface area contributed by atoms with E-state index in [1.165, 1.54) is 22.2 Å². The Morgan fingerprint density at radius 3 is 2.35 bits per heavy atom. The standard InChI is InChI=1S/C25H25FN4O2S2/c26-20-7-11-22(12-8-20)34(31,32)28-21-9-5-19(6-10-21)13-14-29-15-17-30(18-16-29)25-23-3-1-2-4-24(23)33-27-25/h1-12,28H,13-18H2. The first kappa shape index (κ1) is 22.8. The van der Waals surface area contributed by atoms with Crippen LogP contribution in [0.4, 0.5) is 15.9 Å². The molecule has 9 heteroatoms. The Balaban J connectivity index is 1.13. The minimum absolute atomic E-state index is 0.0303. The molecule has 3 aromatic carbocycles. The van der Waals surface area contributed by atoms with Crippen LogP contribution in [0.1, 0.15) is 5.56 Å². The zero-order valence-electron chi connectivity index (χ0n) is 18.5. The summed E-state index contributed by atoms with van der Waals surface area (Å²) in [6, 6.07) is 20.6. The molecule has 0 spiro atoms. The number of hydrogen-bond acceptors (Lipinski definition) is 6. The van der Waals surface area contributed by atoms with E-state index in [2.05, 4.69) is 43.2 Å². The highest BCUT2D eigenvalue weighted by Crippen LogP contribution is 2.29. The molecule has 0 bridgehead atoms. The van der Waals surface area contributed by atoms with Gasteiger partial charge in [0.1, 0.15) is 11.6 Å². The first-order valence-corrected chi connectivity index (χ1v) is 13.4. The maximum atomic E-state index is 13.1. The van der Waals surface area contributed by atoms with E-state index in [1.54, 1.807) is 23.7 Å². The molecule has 0 radical (unpaired) electrons. The van der Waals surface area contributed by atoms with Crippen molar-refractivity contribution in [3.05, 3.63) is 84.2 Å². The lowest BCUT2D eigenvalue weighted by molar-refractivity contribution is 0.261. The maximum absolute atomic E-state index is 13.1. The molecule has 176 valence electrons. The number of fused-ring (bicyclic) bond motifs is 1. The summed E-state index contributed by atoms with van der Waals surface area (Å²) in [6.07, 6.45) is 0.893. The minimum Gasteiger partial charge on any atom is -0.353 e. The number of nitrogens with zero attached hydrogens (tertiary/aromatic N) is 3. The molecule has 0 saturated carbocycles. The van der Waals surface area contributed by atoms with Crippen molar-refractivity contribution in [2.24, 2.45) is 0 Å². The molecule has 1 aliphatic heterocycles. The van der Waals surface area contributed by atoms with Gasteiger partial charge >= 0.3 is 0 Å². The molecule has 1 N–H and O–H groups in total. The lowest BCUT2D eigenvalue weighted by atomic mass is 10.1. The van der Waals surface area contributed by atoms with E-state index < -0.39 is 15.8 Å². The van der Waals surface area contributed by atoms with Gasteiger partial charge in [0.2, 0.25) is 0 Å². The van der Waals surface area contributed by atoms with E-state index >= 15 is 0 Å². The molecule has 1 aromatic heterocycles. The summed E-state index contributed by atoms with van der Waals surface area (Å²) in [5.74, 6) is 0.625. The lowest BCUT2D eigenvalue weighted by Gasteiger charge is -2.35. The van der Waals surface area contributed by atoms with E-state index in [1.807, 2.05) is 12.1 Å². The number of halogens is 1. The lowest BCUT2D eigenvalue weighted by Crippen LogP contribution is -2.47. The molecule has 0 atom stereocenters. The quantitative estimate of drug-likeness (QED) is 0.405. The predicted octanol–water partition coefficient (Wildman–Crippen LogP) is 4.60. The van der Waals surface area contributed by atoms with Crippen LogP contribution >= 0.6 is 11.5 Å². The third-order valence-electron chi connectivity index (χ3n) is 6.08. The van der Waals surface area contributed by atoms with Crippen LogP contribution in [0.2, 0.25) is 0 Å². The van der Waals surface area contributed by atoms with Crippen molar-refractivity contribution < 1.29 is 12.8 Å². The van der Waals surface area contributed by atoms with E-state index in [9.17, 15) is 12.8 Å². The topological polar surface area (TPSA) is 65.5 Å². The summed E-state index contributed by atoms with van der Waals surface area (Å²) >= 11 is 1.56. The second-order valence-corrected chi connectivity index (χ2v) is 10.8. The predicted molar refractivity (Wildman–Crippen MR) is 136 cm³/mol. The molecule has 1 saturated heterocycles. The Morgan fingerprint density at radius 1 is 0.912 bits per heavy atom. The summed E-state index contributed by atoms with van der Waals surface area (Å²) in [5.41, 5.74) is 1.63. The molecule has 1 fully saturated rings. The minimum atomic E-state index is -3.74. The Hall–Kier alpha value is -3.01. The van der Waals surface area contributed by atoms with Crippen molar-refractivity contribution in [2.45, 2.75) is 11.3 Å². The van der Waals surface area contributed by atoms with Crippen LogP contribution in [0.15, 0.2) is 77.7 Å². The van der Waals surface area contributed by atoms with Crippen LogP contribution in [0.3, 0.4) is 0 Å². The van der Waals surface area contributed by atoms with Gasteiger partial charge in [-0.15, -0.1) is 0 Å². The van der Waals surface area contributed by atoms with Crippen LogP contribution in [0.25, 0.3) is 10.1 Å². The van der Waals surface area contributed by atoms with Crippen LogP contribution < -0.4 is 9.62 Å². The molecule has 5 rings (SSSR count). The van der Waals surface area contributed by atoms with Crippen molar-refractivity contribution in [1.82, 2.24) is 9.27 Å². The highest BCUT2D eigenvalue weighted by Gasteiger charge is 2.20. The molecule has 34 heavy (non-hydrogen) atoms. The van der Waals surface area contributed by atoms with Gasteiger partial charge in [-0.1, -0.05) is 24.3 Å². The van der Waals surface area contributed by atoms with Crippen LogP contribution in [0.5, 0.6) is 0 Å². The third kappa shape index (κ3) is 5.06. The van der Waals surface area contributed by atoms with Crippen molar-refractivity contribution in [2.75, 3.05) is 42.3 Å². The van der Waals surface area contributed by atoms with E-state index in [4.69, 9.17) is 0 Å². The summed E-state index contributed by atoms with van der Waals surface area (Å²) in [5, 5.41) is 1.23. The average Bonchev–Trinajstić information content (AvgIpc) is 3.28. The number of piperazine rings is 1. The first-order valence-electron chi connectivity index (χ1n) is 11.2. The van der Waals surface area contributed by atoms with Gasteiger partial charge in [-0.2, -0.15) is 4.37 Å². The van der Waals surface area contributed by atoms with E-state index in [0.29, 0.717) is 5.69 Å². The molecule has 0 aliphatic carbocycles. The maximum Gasteiger partial charge on any atom is 0.261 e. The number of hydrogen-bond donors (Lipinski definition) is 1. The Morgan fingerprint density at radius 2 is 1.62 bits per heavy atom. The van der Waals surface area contributed by atoms with Gasteiger partial charge in [-0.3, -0.25) is 9.62 Å². The van der Waals surface area contributed by atoms with Gasteiger partial charge in [0, 0.05) is 43.8 Å². The smallest absolute Gasteiger partial charge is 0.261 e. The fourth-order valence-corrected chi connectivity index (χ4v) is 5.99. The van der Waals surface area contributed by atoms with Crippen molar-refractivity contribution in [3.8, 4) is 0 Å². The Labute approximate surface area is 202 Å². The fourth-order valence-electron chi connectivity index (χ4n) is 4.14. The number of nitrogens with one attached hydrogen (secondary N) is 1. The van der Waals surface area contributed by atoms with Crippen LogP contribution in [-0.2, 0) is 16.4 Å². The molecular formula is C25H25FN4O2S2. The largest absolute Gasteiger partial charge is 0.353 e. The third-order valence-corrected chi connectivity index (χ3v) is 8.29. The molecular weight excluding hydrogens is 471 g/mol. The SMILES string of the molecule is O=S(=O)(Nc1ccc(CCN2CCN(c3nsc4ccccc34)CC2)cc1)c1ccc(F)cc1. The normalized spacial score (nSPS) is 15.0. The molecule has 6 nitrogen and oxygen atoms in total. The number of benzene rings is 3. The Kier molecular flexibility index (Phi) is 6.49. The number of aromatic nitrogens is 1. The van der Waals surface area contributed by atoms with Gasteiger partial charge < -0.3 is 4.90 Å². The molecule has 0 amide bonds. The van der Waals surface area contributed by atoms with Crippen LogP contribution in [0, 0.1) is 5.82 Å². The zero-order valence-corrected chi connectivity index (χ0v) is 20.2. The number of sulfonamides is 1. The van der Waals surface area contributed by atoms with Crippen molar-refractivity contribution in [1.29, 1.82) is 0 Å². The summed E-state index contributed by atoms with van der Waals surface area (Å²) in [6.45, 7) is 4.84. The van der Waals surface area contributed by atoms with Crippen molar-refractivity contribution >= 4 is 43.1 Å². The van der Waals surface area contributed by atoms with Gasteiger partial charge in [0.25, 0.3) is 10.0 Å². The zero-order chi connectivity index (χ0) is 23.5.